The van der Waals surface area contributed by atoms with Gasteiger partial charge in [-0.05, 0) is 60.7 Å². The number of rotatable bonds is 9. The van der Waals surface area contributed by atoms with Gasteiger partial charge in [0.15, 0.2) is 5.75 Å². The van der Waals surface area contributed by atoms with Gasteiger partial charge in [0.1, 0.15) is 6.04 Å². The number of nitrogens with zero attached hydrogens (tertiary/aromatic N) is 2. The van der Waals surface area contributed by atoms with Crippen LogP contribution in [0, 0.1) is 0 Å². The number of fused-ring (bicyclic) bond motifs is 1. The van der Waals surface area contributed by atoms with Crippen molar-refractivity contribution in [2.24, 2.45) is 0 Å². The fourth-order valence-corrected chi connectivity index (χ4v) is 6.51. The monoisotopic (exact) mass is 613 g/mol. The average Bonchev–Trinajstić information content (AvgIpc) is 3.87. The number of nitrogens with one attached hydrogen (secondary N) is 1. The van der Waals surface area contributed by atoms with Gasteiger partial charge < -0.3 is 4.74 Å². The number of carbonyl (C=O) groups excluding carboxylic acids is 1. The van der Waals surface area contributed by atoms with Crippen LogP contribution in [0.1, 0.15) is 42.5 Å². The molecule has 0 unspecified atom stereocenters. The first-order valence-corrected chi connectivity index (χ1v) is 15.5. The number of aromatic nitrogens is 2. The predicted octanol–water partition coefficient (Wildman–Crippen LogP) is 7.66. The summed E-state index contributed by atoms with van der Waals surface area (Å²) in [6.07, 6.45) is 1.88. The summed E-state index contributed by atoms with van der Waals surface area (Å²) in [4.78, 5) is 27.9. The molecule has 1 aliphatic rings. The number of imidazole rings is 1. The topological polar surface area (TPSA) is 65.3 Å². The van der Waals surface area contributed by atoms with Gasteiger partial charge in [-0.3, -0.25) is 14.5 Å². The Hall–Kier alpha value is -4.91. The lowest BCUT2D eigenvalue weighted by atomic mass is 9.76. The Bertz CT molecular complexity index is 1940. The van der Waals surface area contributed by atoms with E-state index in [1.807, 2.05) is 72.8 Å². The van der Waals surface area contributed by atoms with Gasteiger partial charge >= 0.3 is 11.7 Å². The molecule has 6 aromatic rings. The van der Waals surface area contributed by atoms with Crippen LogP contribution >= 0.6 is 11.6 Å². The quantitative estimate of drug-likeness (QED) is 0.103. The van der Waals surface area contributed by atoms with E-state index in [2.05, 4.69) is 41.7 Å². The Morgan fingerprint density at radius 2 is 1.31 bits per heavy atom. The molecule has 1 N–H and O–H groups in total. The highest BCUT2D eigenvalue weighted by Crippen LogP contribution is 2.40. The molecule has 45 heavy (non-hydrogen) atoms. The maximum Gasteiger partial charge on any atom is 0.334 e. The van der Waals surface area contributed by atoms with Crippen molar-refractivity contribution in [2.45, 2.75) is 37.4 Å². The van der Waals surface area contributed by atoms with Gasteiger partial charge in [-0.1, -0.05) is 121 Å². The van der Waals surface area contributed by atoms with Gasteiger partial charge in [0.2, 0.25) is 0 Å². The summed E-state index contributed by atoms with van der Waals surface area (Å²) in [6, 6.07) is 42.3. The van der Waals surface area contributed by atoms with Crippen LogP contribution < -0.4 is 15.7 Å². The van der Waals surface area contributed by atoms with Crippen LogP contribution in [0.5, 0.6) is 5.75 Å². The number of ether oxygens (including phenoxy) is 1. The lowest BCUT2D eigenvalue weighted by Gasteiger charge is -2.38. The van der Waals surface area contributed by atoms with E-state index in [1.165, 1.54) is 0 Å². The summed E-state index contributed by atoms with van der Waals surface area (Å²) in [5, 5.41) is 4.12. The van der Waals surface area contributed by atoms with Gasteiger partial charge in [-0.25, -0.2) is 9.59 Å². The van der Waals surface area contributed by atoms with Gasteiger partial charge in [0, 0.05) is 6.04 Å². The number of para-hydroxylation sites is 3. The molecular weight excluding hydrogens is 582 g/mol. The second-order valence-electron chi connectivity index (χ2n) is 11.4. The van der Waals surface area contributed by atoms with E-state index in [0.29, 0.717) is 16.2 Å². The molecule has 7 heteroatoms. The molecule has 224 valence electrons. The smallest absolute Gasteiger partial charge is 0.334 e. The molecule has 6 nitrogen and oxygen atoms in total. The van der Waals surface area contributed by atoms with Gasteiger partial charge in [0.25, 0.3) is 0 Å². The summed E-state index contributed by atoms with van der Waals surface area (Å²) in [6.45, 7) is 1.80. The fraction of sp³-hybridized carbons (Fsp3) is 0.158. The highest BCUT2D eigenvalue weighted by molar-refractivity contribution is 6.35. The van der Waals surface area contributed by atoms with E-state index in [4.69, 9.17) is 16.3 Å². The largest absolute Gasteiger partial charge is 0.423 e. The second-order valence-corrected chi connectivity index (χ2v) is 11.8. The molecule has 0 amide bonds. The van der Waals surface area contributed by atoms with Crippen molar-refractivity contribution in [3.05, 3.63) is 166 Å². The van der Waals surface area contributed by atoms with E-state index in [1.54, 1.807) is 40.3 Å². The van der Waals surface area contributed by atoms with Crippen molar-refractivity contribution in [1.29, 1.82) is 0 Å². The van der Waals surface area contributed by atoms with Crippen molar-refractivity contribution in [2.75, 3.05) is 0 Å². The van der Waals surface area contributed by atoms with Crippen LogP contribution in [0.4, 0.5) is 0 Å². The summed E-state index contributed by atoms with van der Waals surface area (Å²) >= 11 is 6.69. The van der Waals surface area contributed by atoms with Gasteiger partial charge in [-0.15, -0.1) is 0 Å². The van der Waals surface area contributed by atoms with Crippen molar-refractivity contribution in [1.82, 2.24) is 14.5 Å². The number of halogens is 1. The minimum Gasteiger partial charge on any atom is -0.423 e. The normalized spacial score (nSPS) is 13.9. The van der Waals surface area contributed by atoms with E-state index in [-0.39, 0.29) is 17.5 Å². The summed E-state index contributed by atoms with van der Waals surface area (Å²) in [5.74, 6) is -0.211. The zero-order valence-corrected chi connectivity index (χ0v) is 25.5. The summed E-state index contributed by atoms with van der Waals surface area (Å²) < 4.78 is 9.50. The van der Waals surface area contributed by atoms with Crippen molar-refractivity contribution >= 4 is 28.6 Å². The average molecular weight is 614 g/mol. The van der Waals surface area contributed by atoms with E-state index in [0.717, 1.165) is 35.0 Å². The Kier molecular flexibility index (Phi) is 7.61. The third-order valence-corrected chi connectivity index (χ3v) is 8.79. The standard InChI is InChI=1S/C38H32ClN3O3/c1-26(40-38(27-14-5-2-6-15-27,28-16-7-3-8-17-28)29-18-9-4-10-19-29)36(43)45-34-23-12-11-21-32(34)42-35-31(39)20-13-22-33(35)41(37(42)44)30-24-25-30/h2-23,26,30,40H,24-25H2,1H3/t26-/m0/s1. The van der Waals surface area contributed by atoms with Crippen LogP contribution in [0.3, 0.4) is 0 Å². The van der Waals surface area contributed by atoms with Crippen molar-refractivity contribution in [3.8, 4) is 11.4 Å². The molecule has 1 fully saturated rings. The lowest BCUT2D eigenvalue weighted by molar-refractivity contribution is -0.136. The summed E-state index contributed by atoms with van der Waals surface area (Å²) in [5.41, 5.74) is 3.72. The first-order valence-electron chi connectivity index (χ1n) is 15.2. The molecule has 1 aromatic heterocycles. The van der Waals surface area contributed by atoms with Gasteiger partial charge in [-0.2, -0.15) is 0 Å². The zero-order chi connectivity index (χ0) is 31.0. The molecule has 0 bridgehead atoms. The Balaban J connectivity index is 1.29. The minimum atomic E-state index is -0.857. The lowest BCUT2D eigenvalue weighted by Crippen LogP contribution is -2.52. The van der Waals surface area contributed by atoms with Crippen LogP contribution in [0.2, 0.25) is 5.02 Å². The zero-order valence-electron chi connectivity index (χ0n) is 24.8. The maximum atomic E-state index is 14.0. The molecule has 1 aliphatic carbocycles. The number of hydrogen-bond donors (Lipinski definition) is 1. The third-order valence-electron chi connectivity index (χ3n) is 8.48. The molecule has 7 rings (SSSR count). The highest BCUT2D eigenvalue weighted by Gasteiger charge is 2.39. The molecular formula is C38H32ClN3O3. The van der Waals surface area contributed by atoms with Crippen LogP contribution in [-0.4, -0.2) is 21.1 Å². The minimum absolute atomic E-state index is 0.140. The van der Waals surface area contributed by atoms with E-state index >= 15 is 0 Å². The Labute approximate surface area is 266 Å². The molecule has 1 heterocycles. The maximum absolute atomic E-state index is 14.0. The molecule has 0 saturated heterocycles. The highest BCUT2D eigenvalue weighted by atomic mass is 35.5. The first-order chi connectivity index (χ1) is 22.0. The van der Waals surface area contributed by atoms with E-state index < -0.39 is 17.6 Å². The molecule has 1 atom stereocenters. The van der Waals surface area contributed by atoms with Crippen molar-refractivity contribution < 1.29 is 9.53 Å². The van der Waals surface area contributed by atoms with Crippen molar-refractivity contribution in [3.63, 3.8) is 0 Å². The molecule has 0 radical (unpaired) electrons. The van der Waals surface area contributed by atoms with E-state index in [9.17, 15) is 9.59 Å². The number of carbonyl (C=O) groups is 1. The number of benzene rings is 5. The number of hydrogen-bond acceptors (Lipinski definition) is 4. The predicted molar refractivity (Wildman–Crippen MR) is 178 cm³/mol. The molecule has 1 saturated carbocycles. The van der Waals surface area contributed by atoms with Crippen LogP contribution in [0.15, 0.2) is 138 Å². The Morgan fingerprint density at radius 3 is 1.87 bits per heavy atom. The molecule has 0 aliphatic heterocycles. The number of esters is 1. The first kappa shape index (κ1) is 28.8. The SMILES string of the molecule is C[C@H](NC(c1ccccc1)(c1ccccc1)c1ccccc1)C(=O)Oc1ccccc1-n1c(=O)n(C2CC2)c2cccc(Cl)c21. The van der Waals surface area contributed by atoms with Crippen LogP contribution in [0.25, 0.3) is 16.7 Å². The second kappa shape index (κ2) is 11.9. The van der Waals surface area contributed by atoms with Crippen LogP contribution in [-0.2, 0) is 10.3 Å². The fourth-order valence-electron chi connectivity index (χ4n) is 6.26. The Morgan fingerprint density at radius 1 is 0.778 bits per heavy atom. The molecule has 0 spiro atoms. The summed E-state index contributed by atoms with van der Waals surface area (Å²) in [7, 11) is 0. The molecule has 5 aromatic carbocycles. The van der Waals surface area contributed by atoms with Gasteiger partial charge in [0.05, 0.1) is 27.3 Å². The third kappa shape index (κ3) is 5.16.